The highest BCUT2D eigenvalue weighted by Gasteiger charge is 2.30. The predicted molar refractivity (Wildman–Crippen MR) is 87.5 cm³/mol. The van der Waals surface area contributed by atoms with Crippen LogP contribution in [0.4, 0.5) is 0 Å². The normalized spacial score (nSPS) is 28.8. The summed E-state index contributed by atoms with van der Waals surface area (Å²) >= 11 is 1.93. The molecule has 20 heavy (non-hydrogen) atoms. The quantitative estimate of drug-likeness (QED) is 0.890. The van der Waals surface area contributed by atoms with Crippen molar-refractivity contribution in [2.45, 2.75) is 57.5 Å². The first kappa shape index (κ1) is 14.6. The van der Waals surface area contributed by atoms with Crippen LogP contribution in [0.1, 0.15) is 50.3 Å². The van der Waals surface area contributed by atoms with Crippen molar-refractivity contribution in [2.24, 2.45) is 5.92 Å². The molecule has 2 unspecified atom stereocenters. The first-order chi connectivity index (χ1) is 9.72. The molecule has 1 aromatic heterocycles. The van der Waals surface area contributed by atoms with Crippen LogP contribution < -0.4 is 5.32 Å². The summed E-state index contributed by atoms with van der Waals surface area (Å²) in [5.74, 6) is 1.69. The predicted octanol–water partition coefficient (Wildman–Crippen LogP) is 3.70. The fourth-order valence-corrected chi connectivity index (χ4v) is 4.30. The maximum absolute atomic E-state index is 3.86. The third kappa shape index (κ3) is 3.44. The summed E-state index contributed by atoms with van der Waals surface area (Å²) in [6, 6.07) is 5.86. The topological polar surface area (TPSA) is 15.3 Å². The maximum Gasteiger partial charge on any atom is 0.0201 e. The zero-order valence-corrected chi connectivity index (χ0v) is 13.7. The Bertz CT molecular complexity index is 397. The summed E-state index contributed by atoms with van der Waals surface area (Å²) in [6.45, 7) is 8.37. The first-order valence-electron chi connectivity index (χ1n) is 8.23. The van der Waals surface area contributed by atoms with Gasteiger partial charge in [0.25, 0.3) is 0 Å². The number of rotatable bonds is 5. The molecule has 3 rings (SSSR count). The van der Waals surface area contributed by atoms with E-state index in [1.807, 2.05) is 11.3 Å². The van der Waals surface area contributed by atoms with Gasteiger partial charge in [-0.2, -0.15) is 0 Å². The second-order valence-corrected chi connectivity index (χ2v) is 7.88. The van der Waals surface area contributed by atoms with Gasteiger partial charge in [-0.05, 0) is 57.0 Å². The minimum absolute atomic E-state index is 0.658. The average Bonchev–Trinajstić information content (AvgIpc) is 2.90. The summed E-state index contributed by atoms with van der Waals surface area (Å²) in [5.41, 5.74) is 0. The average molecular weight is 292 g/mol. The van der Waals surface area contributed by atoms with Gasteiger partial charge in [0.05, 0.1) is 0 Å². The molecule has 112 valence electrons. The van der Waals surface area contributed by atoms with Crippen LogP contribution in [0.2, 0.25) is 0 Å². The number of hydrogen-bond donors (Lipinski definition) is 1. The van der Waals surface area contributed by atoms with E-state index in [2.05, 4.69) is 41.6 Å². The third-order valence-corrected chi connectivity index (χ3v) is 6.11. The van der Waals surface area contributed by atoms with Crippen LogP contribution in [0.25, 0.3) is 0 Å². The van der Waals surface area contributed by atoms with Crippen LogP contribution in [-0.2, 0) is 0 Å². The van der Waals surface area contributed by atoms with Crippen LogP contribution in [0.15, 0.2) is 17.5 Å². The molecule has 0 bridgehead atoms. The summed E-state index contributed by atoms with van der Waals surface area (Å²) in [6.07, 6.45) is 5.66. The van der Waals surface area contributed by atoms with Crippen LogP contribution in [-0.4, -0.2) is 36.6 Å². The van der Waals surface area contributed by atoms with E-state index in [0.29, 0.717) is 12.1 Å². The number of likely N-dealkylation sites (tertiary alicyclic amines) is 1. The number of nitrogens with zero attached hydrogens (tertiary/aromatic N) is 1. The second-order valence-electron chi connectivity index (χ2n) is 6.90. The fourth-order valence-electron chi connectivity index (χ4n) is 3.46. The molecule has 2 fully saturated rings. The molecule has 0 spiro atoms. The van der Waals surface area contributed by atoms with Gasteiger partial charge in [0.15, 0.2) is 0 Å². The smallest absolute Gasteiger partial charge is 0.0201 e. The van der Waals surface area contributed by atoms with E-state index in [1.54, 1.807) is 4.88 Å². The minimum Gasteiger partial charge on any atom is -0.312 e. The molecule has 0 amide bonds. The molecule has 1 N–H and O–H groups in total. The zero-order valence-electron chi connectivity index (χ0n) is 12.8. The van der Waals surface area contributed by atoms with Crippen molar-refractivity contribution in [3.05, 3.63) is 22.4 Å². The monoisotopic (exact) mass is 292 g/mol. The van der Waals surface area contributed by atoms with Crippen LogP contribution >= 0.6 is 11.3 Å². The molecule has 2 nitrogen and oxygen atoms in total. The molecular weight excluding hydrogens is 264 g/mol. The molecule has 1 aliphatic heterocycles. The van der Waals surface area contributed by atoms with Gasteiger partial charge < -0.3 is 5.32 Å². The van der Waals surface area contributed by atoms with Gasteiger partial charge >= 0.3 is 0 Å². The number of nitrogens with one attached hydrogen (secondary N) is 1. The lowest BCUT2D eigenvalue weighted by atomic mass is 9.85. The van der Waals surface area contributed by atoms with Gasteiger partial charge in [0.1, 0.15) is 0 Å². The van der Waals surface area contributed by atoms with E-state index in [9.17, 15) is 0 Å². The van der Waals surface area contributed by atoms with E-state index in [1.165, 1.54) is 45.3 Å². The highest BCUT2D eigenvalue weighted by Crippen LogP contribution is 2.31. The number of thiophene rings is 1. The summed E-state index contributed by atoms with van der Waals surface area (Å²) in [4.78, 5) is 4.23. The van der Waals surface area contributed by atoms with E-state index in [4.69, 9.17) is 0 Å². The molecule has 2 heterocycles. The standard InChI is InChI=1S/C17H28N2S/c1-13(2)19-11-15(17-7-4-8-20-17)9-16(12-19)18-10-14-5-3-6-14/h4,7-8,13-16,18H,3,5-6,9-12H2,1-2H3. The Hall–Kier alpha value is -0.380. The SMILES string of the molecule is CC(C)N1CC(NCC2CCC2)CC(c2cccs2)C1. The van der Waals surface area contributed by atoms with Crippen LogP contribution in [0, 0.1) is 5.92 Å². The van der Waals surface area contributed by atoms with Crippen molar-refractivity contribution in [1.82, 2.24) is 10.2 Å². The Morgan fingerprint density at radius 2 is 2.20 bits per heavy atom. The van der Waals surface area contributed by atoms with E-state index >= 15 is 0 Å². The van der Waals surface area contributed by atoms with Gasteiger partial charge in [-0.1, -0.05) is 12.5 Å². The summed E-state index contributed by atoms with van der Waals surface area (Å²) < 4.78 is 0. The highest BCUT2D eigenvalue weighted by atomic mass is 32.1. The van der Waals surface area contributed by atoms with Crippen LogP contribution in [0.5, 0.6) is 0 Å². The third-order valence-electron chi connectivity index (χ3n) is 5.07. The molecule has 0 radical (unpaired) electrons. The first-order valence-corrected chi connectivity index (χ1v) is 9.11. The molecule has 1 aliphatic carbocycles. The molecule has 0 aromatic carbocycles. The maximum atomic E-state index is 3.86. The Morgan fingerprint density at radius 1 is 1.35 bits per heavy atom. The lowest BCUT2D eigenvalue weighted by Crippen LogP contribution is -2.51. The van der Waals surface area contributed by atoms with Crippen LogP contribution in [0.3, 0.4) is 0 Å². The number of piperidine rings is 1. The Kier molecular flexibility index (Phi) is 4.79. The van der Waals surface area contributed by atoms with Crippen molar-refractivity contribution in [3.63, 3.8) is 0 Å². The molecule has 1 saturated heterocycles. The van der Waals surface area contributed by atoms with E-state index in [0.717, 1.165) is 11.8 Å². The van der Waals surface area contributed by atoms with Crippen molar-refractivity contribution < 1.29 is 0 Å². The van der Waals surface area contributed by atoms with Crippen molar-refractivity contribution >= 4 is 11.3 Å². The Morgan fingerprint density at radius 3 is 2.80 bits per heavy atom. The van der Waals surface area contributed by atoms with Gasteiger partial charge in [-0.25, -0.2) is 0 Å². The lowest BCUT2D eigenvalue weighted by Gasteiger charge is -2.41. The van der Waals surface area contributed by atoms with Gasteiger partial charge in [-0.15, -0.1) is 11.3 Å². The van der Waals surface area contributed by atoms with Gasteiger partial charge in [0.2, 0.25) is 0 Å². The summed E-state index contributed by atoms with van der Waals surface area (Å²) in [7, 11) is 0. The minimum atomic E-state index is 0.658. The van der Waals surface area contributed by atoms with Crippen molar-refractivity contribution in [1.29, 1.82) is 0 Å². The molecule has 3 heteroatoms. The number of hydrogen-bond acceptors (Lipinski definition) is 3. The fraction of sp³-hybridized carbons (Fsp3) is 0.765. The van der Waals surface area contributed by atoms with Gasteiger partial charge in [-0.3, -0.25) is 4.90 Å². The largest absolute Gasteiger partial charge is 0.312 e. The van der Waals surface area contributed by atoms with E-state index in [-0.39, 0.29) is 0 Å². The van der Waals surface area contributed by atoms with Gasteiger partial charge in [0, 0.05) is 36.0 Å². The molecule has 1 saturated carbocycles. The molecular formula is C17H28N2S. The van der Waals surface area contributed by atoms with Crippen molar-refractivity contribution in [2.75, 3.05) is 19.6 Å². The lowest BCUT2D eigenvalue weighted by molar-refractivity contribution is 0.133. The summed E-state index contributed by atoms with van der Waals surface area (Å²) in [5, 5.41) is 6.09. The highest BCUT2D eigenvalue weighted by molar-refractivity contribution is 7.10. The molecule has 2 aliphatic rings. The zero-order chi connectivity index (χ0) is 13.9. The van der Waals surface area contributed by atoms with Crippen molar-refractivity contribution in [3.8, 4) is 0 Å². The Balaban J connectivity index is 1.60. The Labute approximate surface area is 127 Å². The molecule has 1 aromatic rings. The molecule has 2 atom stereocenters. The second kappa shape index (κ2) is 6.59. The van der Waals surface area contributed by atoms with E-state index < -0.39 is 0 Å².